The van der Waals surface area contributed by atoms with Crippen LogP contribution in [-0.2, 0) is 0 Å². The second kappa shape index (κ2) is 9.38. The summed E-state index contributed by atoms with van der Waals surface area (Å²) in [5.74, 6) is -0.254. The Balaban J connectivity index is 1.92. The van der Waals surface area contributed by atoms with Gasteiger partial charge >= 0.3 is 0 Å². The molecule has 1 aromatic heterocycles. The van der Waals surface area contributed by atoms with Gasteiger partial charge < -0.3 is 15.0 Å². The summed E-state index contributed by atoms with van der Waals surface area (Å²) in [6, 6.07) is 15.9. The van der Waals surface area contributed by atoms with Gasteiger partial charge in [-0.05, 0) is 54.4 Å². The van der Waals surface area contributed by atoms with Gasteiger partial charge in [-0.2, -0.15) is 0 Å². The predicted octanol–water partition coefficient (Wildman–Crippen LogP) is 3.76. The van der Waals surface area contributed by atoms with Crippen LogP contribution in [0.3, 0.4) is 0 Å². The van der Waals surface area contributed by atoms with Gasteiger partial charge in [-0.1, -0.05) is 24.3 Å². The summed E-state index contributed by atoms with van der Waals surface area (Å²) < 4.78 is 18.7. The van der Waals surface area contributed by atoms with Crippen molar-refractivity contribution in [1.82, 2.24) is 15.2 Å². The van der Waals surface area contributed by atoms with Crippen LogP contribution in [0.4, 0.5) is 4.39 Å². The van der Waals surface area contributed by atoms with Crippen molar-refractivity contribution >= 4 is 11.8 Å². The standard InChI is InChI=1S/C24H24FN3O3/c1-15-20(13-14-21(26-15)24(30)28(2)3)23(29)27-22(16-5-9-18(25)10-6-16)17-7-11-19(31-4)12-8-17/h5-14,22H,1-4H3,(H,27,29). The van der Waals surface area contributed by atoms with E-state index in [1.807, 2.05) is 12.1 Å². The number of rotatable bonds is 6. The number of pyridine rings is 1. The highest BCUT2D eigenvalue weighted by Crippen LogP contribution is 2.25. The summed E-state index contributed by atoms with van der Waals surface area (Å²) >= 11 is 0. The van der Waals surface area contributed by atoms with E-state index in [0.29, 0.717) is 17.0 Å². The molecule has 1 unspecified atom stereocenters. The first-order valence-corrected chi connectivity index (χ1v) is 9.69. The van der Waals surface area contributed by atoms with Gasteiger partial charge in [-0.3, -0.25) is 9.59 Å². The predicted molar refractivity (Wildman–Crippen MR) is 116 cm³/mol. The highest BCUT2D eigenvalue weighted by atomic mass is 19.1. The maximum absolute atomic E-state index is 13.4. The van der Waals surface area contributed by atoms with Crippen LogP contribution in [0.25, 0.3) is 0 Å². The molecule has 0 saturated carbocycles. The molecule has 2 aromatic carbocycles. The number of carbonyl (C=O) groups excluding carboxylic acids is 2. The van der Waals surface area contributed by atoms with Gasteiger partial charge in [0.05, 0.1) is 24.4 Å². The molecule has 0 aliphatic heterocycles. The summed E-state index contributed by atoms with van der Waals surface area (Å²) in [5, 5.41) is 3.00. The van der Waals surface area contributed by atoms with E-state index in [4.69, 9.17) is 4.74 Å². The molecule has 3 aromatic rings. The Morgan fingerprint density at radius 2 is 1.55 bits per heavy atom. The first-order valence-electron chi connectivity index (χ1n) is 9.69. The lowest BCUT2D eigenvalue weighted by atomic mass is 9.98. The van der Waals surface area contributed by atoms with Crippen molar-refractivity contribution in [3.63, 3.8) is 0 Å². The van der Waals surface area contributed by atoms with E-state index in [9.17, 15) is 14.0 Å². The zero-order valence-corrected chi connectivity index (χ0v) is 17.8. The van der Waals surface area contributed by atoms with Gasteiger partial charge in [0.15, 0.2) is 0 Å². The van der Waals surface area contributed by atoms with Crippen LogP contribution in [-0.4, -0.2) is 42.9 Å². The number of methoxy groups -OCH3 is 1. The number of aromatic nitrogens is 1. The number of amides is 2. The van der Waals surface area contributed by atoms with Gasteiger partial charge in [0.25, 0.3) is 11.8 Å². The molecule has 0 bridgehead atoms. The van der Waals surface area contributed by atoms with Crippen LogP contribution in [0.15, 0.2) is 60.7 Å². The fourth-order valence-electron chi connectivity index (χ4n) is 3.17. The third-order valence-electron chi connectivity index (χ3n) is 4.88. The van der Waals surface area contributed by atoms with E-state index in [0.717, 1.165) is 11.1 Å². The molecule has 2 amide bonds. The minimum absolute atomic E-state index is 0.238. The van der Waals surface area contributed by atoms with E-state index in [1.165, 1.54) is 23.1 Å². The second-order valence-corrected chi connectivity index (χ2v) is 7.26. The Labute approximate surface area is 180 Å². The van der Waals surface area contributed by atoms with E-state index in [1.54, 1.807) is 58.5 Å². The van der Waals surface area contributed by atoms with Crippen LogP contribution < -0.4 is 10.1 Å². The summed E-state index contributed by atoms with van der Waals surface area (Å²) in [4.78, 5) is 30.9. The lowest BCUT2D eigenvalue weighted by molar-refractivity contribution is 0.0820. The van der Waals surface area contributed by atoms with E-state index in [2.05, 4.69) is 10.3 Å². The van der Waals surface area contributed by atoms with Crippen molar-refractivity contribution in [2.75, 3.05) is 21.2 Å². The summed E-state index contributed by atoms with van der Waals surface area (Å²) in [6.07, 6.45) is 0. The fraction of sp³-hybridized carbons (Fsp3) is 0.208. The van der Waals surface area contributed by atoms with E-state index < -0.39 is 6.04 Å². The molecule has 0 fully saturated rings. The van der Waals surface area contributed by atoms with Crippen molar-refractivity contribution in [2.45, 2.75) is 13.0 Å². The first kappa shape index (κ1) is 22.0. The smallest absolute Gasteiger partial charge is 0.271 e. The van der Waals surface area contributed by atoms with Crippen LogP contribution in [0.5, 0.6) is 5.75 Å². The van der Waals surface area contributed by atoms with Gasteiger partial charge in [-0.15, -0.1) is 0 Å². The molecule has 0 saturated heterocycles. The molecular weight excluding hydrogens is 397 g/mol. The number of nitrogens with zero attached hydrogens (tertiary/aromatic N) is 2. The van der Waals surface area contributed by atoms with Crippen molar-refractivity contribution in [3.8, 4) is 5.75 Å². The monoisotopic (exact) mass is 421 g/mol. The van der Waals surface area contributed by atoms with E-state index in [-0.39, 0.29) is 23.3 Å². The van der Waals surface area contributed by atoms with Crippen LogP contribution >= 0.6 is 0 Å². The number of hydrogen-bond acceptors (Lipinski definition) is 4. The molecule has 0 radical (unpaired) electrons. The highest BCUT2D eigenvalue weighted by Gasteiger charge is 2.21. The molecule has 0 aliphatic carbocycles. The molecule has 7 heteroatoms. The first-order chi connectivity index (χ1) is 14.8. The van der Waals surface area contributed by atoms with E-state index >= 15 is 0 Å². The highest BCUT2D eigenvalue weighted by molar-refractivity contribution is 5.97. The molecular formula is C24H24FN3O3. The largest absolute Gasteiger partial charge is 0.497 e. The van der Waals surface area contributed by atoms with Crippen molar-refractivity contribution < 1.29 is 18.7 Å². The average molecular weight is 421 g/mol. The summed E-state index contributed by atoms with van der Waals surface area (Å²) in [7, 11) is 4.86. The van der Waals surface area contributed by atoms with Gasteiger partial charge in [0.2, 0.25) is 0 Å². The van der Waals surface area contributed by atoms with Gasteiger partial charge in [0.1, 0.15) is 17.3 Å². The summed E-state index contributed by atoms with van der Waals surface area (Å²) in [6.45, 7) is 1.68. The van der Waals surface area contributed by atoms with Crippen LogP contribution in [0, 0.1) is 12.7 Å². The number of aryl methyl sites for hydroxylation is 1. The lowest BCUT2D eigenvalue weighted by Crippen LogP contribution is -2.30. The molecule has 0 aliphatic rings. The molecule has 31 heavy (non-hydrogen) atoms. The van der Waals surface area contributed by atoms with Crippen LogP contribution in [0.2, 0.25) is 0 Å². The van der Waals surface area contributed by atoms with Gasteiger partial charge in [-0.25, -0.2) is 9.37 Å². The third-order valence-corrected chi connectivity index (χ3v) is 4.88. The number of carbonyl (C=O) groups is 2. The normalized spacial score (nSPS) is 11.5. The molecule has 1 N–H and O–H groups in total. The maximum atomic E-state index is 13.4. The minimum atomic E-state index is -0.513. The number of benzene rings is 2. The number of nitrogens with one attached hydrogen (secondary N) is 1. The zero-order valence-electron chi connectivity index (χ0n) is 17.8. The second-order valence-electron chi connectivity index (χ2n) is 7.26. The fourth-order valence-corrected chi connectivity index (χ4v) is 3.17. The minimum Gasteiger partial charge on any atom is -0.497 e. The molecule has 1 heterocycles. The van der Waals surface area contributed by atoms with Crippen molar-refractivity contribution in [1.29, 1.82) is 0 Å². The maximum Gasteiger partial charge on any atom is 0.271 e. The third kappa shape index (κ3) is 5.06. The SMILES string of the molecule is COc1ccc(C(NC(=O)c2ccc(C(=O)N(C)C)nc2C)c2ccc(F)cc2)cc1. The number of halogens is 1. The Morgan fingerprint density at radius 3 is 2.06 bits per heavy atom. The Hall–Kier alpha value is -3.74. The topological polar surface area (TPSA) is 71.5 Å². The Bertz CT molecular complexity index is 1080. The van der Waals surface area contributed by atoms with Crippen LogP contribution in [0.1, 0.15) is 43.7 Å². The Kier molecular flexibility index (Phi) is 6.65. The lowest BCUT2D eigenvalue weighted by Gasteiger charge is -2.21. The average Bonchev–Trinajstić information content (AvgIpc) is 2.77. The molecule has 3 rings (SSSR count). The zero-order chi connectivity index (χ0) is 22.5. The molecule has 6 nitrogen and oxygen atoms in total. The quantitative estimate of drug-likeness (QED) is 0.658. The van der Waals surface area contributed by atoms with Crippen molar-refractivity contribution in [2.24, 2.45) is 0 Å². The molecule has 1 atom stereocenters. The molecule has 0 spiro atoms. The molecule has 160 valence electrons. The Morgan fingerprint density at radius 1 is 0.968 bits per heavy atom. The number of hydrogen-bond donors (Lipinski definition) is 1. The van der Waals surface area contributed by atoms with Crippen molar-refractivity contribution in [3.05, 3.63) is 94.6 Å². The number of ether oxygens (including phenoxy) is 1. The van der Waals surface area contributed by atoms with Gasteiger partial charge in [0, 0.05) is 14.1 Å². The summed E-state index contributed by atoms with van der Waals surface area (Å²) in [5.41, 5.74) is 2.61.